The molecule has 0 radical (unpaired) electrons. The van der Waals surface area contributed by atoms with Gasteiger partial charge < -0.3 is 14.8 Å². The zero-order valence-corrected chi connectivity index (χ0v) is 13.5. The van der Waals surface area contributed by atoms with Gasteiger partial charge in [-0.2, -0.15) is 0 Å². The Morgan fingerprint density at radius 1 is 1.05 bits per heavy atom. The van der Waals surface area contributed by atoms with Crippen LogP contribution in [0.3, 0.4) is 0 Å². The minimum absolute atomic E-state index is 0.236. The van der Waals surface area contributed by atoms with Gasteiger partial charge in [0, 0.05) is 40.4 Å². The molecule has 0 bridgehead atoms. The van der Waals surface area contributed by atoms with Crippen molar-refractivity contribution in [2.45, 2.75) is 51.2 Å². The summed E-state index contributed by atoms with van der Waals surface area (Å²) in [5.74, 6) is 0. The Kier molecular flexibility index (Phi) is 6.27. The third kappa shape index (κ3) is 3.94. The van der Waals surface area contributed by atoms with Gasteiger partial charge in [-0.3, -0.25) is 4.90 Å². The predicted molar refractivity (Wildman–Crippen MR) is 82.1 cm³/mol. The fourth-order valence-electron chi connectivity index (χ4n) is 3.96. The van der Waals surface area contributed by atoms with Crippen LogP contribution in [0.15, 0.2) is 0 Å². The summed E-state index contributed by atoms with van der Waals surface area (Å²) in [6.45, 7) is 7.66. The van der Waals surface area contributed by atoms with E-state index in [1.165, 1.54) is 38.6 Å². The van der Waals surface area contributed by atoms with E-state index >= 15 is 0 Å². The van der Waals surface area contributed by atoms with E-state index in [0.717, 1.165) is 26.2 Å². The van der Waals surface area contributed by atoms with Crippen LogP contribution in [0.5, 0.6) is 0 Å². The molecular weight excluding hydrogens is 252 g/mol. The lowest BCUT2D eigenvalue weighted by Crippen LogP contribution is -2.45. The number of methoxy groups -OCH3 is 2. The van der Waals surface area contributed by atoms with Crippen molar-refractivity contribution in [2.75, 3.05) is 46.9 Å². The molecule has 0 aromatic carbocycles. The summed E-state index contributed by atoms with van der Waals surface area (Å²) in [6.07, 6.45) is 7.40. The molecule has 2 unspecified atom stereocenters. The number of nitrogens with zero attached hydrogens (tertiary/aromatic N) is 1. The van der Waals surface area contributed by atoms with E-state index in [0.29, 0.717) is 5.41 Å². The van der Waals surface area contributed by atoms with Gasteiger partial charge in [-0.1, -0.05) is 26.2 Å². The van der Waals surface area contributed by atoms with E-state index in [4.69, 9.17) is 9.47 Å². The highest BCUT2D eigenvalue weighted by molar-refractivity contribution is 4.93. The van der Waals surface area contributed by atoms with Crippen LogP contribution in [-0.4, -0.2) is 64.1 Å². The molecule has 2 fully saturated rings. The van der Waals surface area contributed by atoms with Gasteiger partial charge in [-0.15, -0.1) is 0 Å². The van der Waals surface area contributed by atoms with E-state index in [2.05, 4.69) is 17.1 Å². The minimum atomic E-state index is 0.236. The molecule has 2 atom stereocenters. The average Bonchev–Trinajstić information content (AvgIpc) is 2.88. The van der Waals surface area contributed by atoms with Gasteiger partial charge in [-0.05, 0) is 24.8 Å². The second-order valence-electron chi connectivity index (χ2n) is 6.58. The number of hydrogen-bond acceptors (Lipinski definition) is 4. The summed E-state index contributed by atoms with van der Waals surface area (Å²) < 4.78 is 11.1. The van der Waals surface area contributed by atoms with Crippen molar-refractivity contribution < 1.29 is 9.47 Å². The van der Waals surface area contributed by atoms with E-state index in [-0.39, 0.29) is 12.2 Å². The van der Waals surface area contributed by atoms with Gasteiger partial charge in [0.05, 0.1) is 12.2 Å². The average molecular weight is 284 g/mol. The maximum Gasteiger partial charge on any atom is 0.0971 e. The van der Waals surface area contributed by atoms with Gasteiger partial charge in [0.2, 0.25) is 0 Å². The van der Waals surface area contributed by atoms with Crippen LogP contribution < -0.4 is 5.32 Å². The van der Waals surface area contributed by atoms with Gasteiger partial charge >= 0.3 is 0 Å². The number of likely N-dealkylation sites (tertiary alicyclic amines) is 1. The van der Waals surface area contributed by atoms with E-state index < -0.39 is 0 Å². The molecule has 2 rings (SSSR count). The first-order chi connectivity index (χ1) is 9.73. The molecular formula is C16H32N2O2. The smallest absolute Gasteiger partial charge is 0.0971 e. The summed E-state index contributed by atoms with van der Waals surface area (Å²) in [7, 11) is 3.60. The molecule has 20 heavy (non-hydrogen) atoms. The molecule has 4 heteroatoms. The largest absolute Gasteiger partial charge is 0.377 e. The molecule has 1 aliphatic carbocycles. The summed E-state index contributed by atoms with van der Waals surface area (Å²) >= 11 is 0. The van der Waals surface area contributed by atoms with Crippen molar-refractivity contribution in [3.05, 3.63) is 0 Å². The zero-order valence-electron chi connectivity index (χ0n) is 13.5. The first kappa shape index (κ1) is 16.2. The number of nitrogens with one attached hydrogen (secondary N) is 1. The lowest BCUT2D eigenvalue weighted by atomic mass is 9.73. The van der Waals surface area contributed by atoms with Gasteiger partial charge in [0.25, 0.3) is 0 Å². The Balaban J connectivity index is 1.94. The predicted octanol–water partition coefficient (Wildman–Crippen LogP) is 1.89. The second kappa shape index (κ2) is 7.74. The second-order valence-corrected chi connectivity index (χ2v) is 6.58. The molecule has 0 spiro atoms. The molecule has 1 N–H and O–H groups in total. The molecule has 1 aliphatic heterocycles. The summed E-state index contributed by atoms with van der Waals surface area (Å²) in [6, 6.07) is 0. The van der Waals surface area contributed by atoms with E-state index in [1.807, 2.05) is 0 Å². The number of ether oxygens (including phenoxy) is 2. The van der Waals surface area contributed by atoms with Gasteiger partial charge in [0.15, 0.2) is 0 Å². The van der Waals surface area contributed by atoms with Crippen LogP contribution in [0.1, 0.15) is 39.0 Å². The van der Waals surface area contributed by atoms with Crippen molar-refractivity contribution in [3.8, 4) is 0 Å². The third-order valence-electron chi connectivity index (χ3n) is 5.12. The highest BCUT2D eigenvalue weighted by Crippen LogP contribution is 2.37. The highest BCUT2D eigenvalue weighted by Gasteiger charge is 2.39. The Bertz CT molecular complexity index is 268. The minimum Gasteiger partial charge on any atom is -0.377 e. The highest BCUT2D eigenvalue weighted by atomic mass is 16.5. The summed E-state index contributed by atoms with van der Waals surface area (Å²) in [4.78, 5) is 2.56. The monoisotopic (exact) mass is 284 g/mol. The van der Waals surface area contributed by atoms with Crippen LogP contribution in [0.2, 0.25) is 0 Å². The van der Waals surface area contributed by atoms with Crippen molar-refractivity contribution in [3.63, 3.8) is 0 Å². The quantitative estimate of drug-likeness (QED) is 0.774. The first-order valence-electron chi connectivity index (χ1n) is 8.21. The van der Waals surface area contributed by atoms with Crippen LogP contribution >= 0.6 is 0 Å². The van der Waals surface area contributed by atoms with Crippen molar-refractivity contribution in [1.29, 1.82) is 0 Å². The third-order valence-corrected chi connectivity index (χ3v) is 5.12. The van der Waals surface area contributed by atoms with Crippen molar-refractivity contribution in [1.82, 2.24) is 10.2 Å². The lowest BCUT2D eigenvalue weighted by molar-refractivity contribution is -0.00461. The summed E-state index contributed by atoms with van der Waals surface area (Å²) in [5, 5.41) is 3.59. The molecule has 1 saturated heterocycles. The molecule has 118 valence electrons. The lowest BCUT2D eigenvalue weighted by Gasteiger charge is -2.40. The normalized spacial score (nSPS) is 30.8. The number of rotatable bonds is 7. The Labute approximate surface area is 124 Å². The molecule has 2 aliphatic rings. The van der Waals surface area contributed by atoms with Crippen molar-refractivity contribution >= 4 is 0 Å². The Morgan fingerprint density at radius 2 is 1.65 bits per heavy atom. The molecule has 1 heterocycles. The van der Waals surface area contributed by atoms with Crippen molar-refractivity contribution in [2.24, 2.45) is 5.41 Å². The maximum absolute atomic E-state index is 5.57. The van der Waals surface area contributed by atoms with Gasteiger partial charge in [-0.25, -0.2) is 0 Å². The van der Waals surface area contributed by atoms with Gasteiger partial charge in [0.1, 0.15) is 0 Å². The summed E-state index contributed by atoms with van der Waals surface area (Å²) in [5.41, 5.74) is 0.467. The van der Waals surface area contributed by atoms with Crippen LogP contribution in [0, 0.1) is 5.41 Å². The topological polar surface area (TPSA) is 33.7 Å². The SMILES string of the molecule is CCNCC1(CN2CC(OC)C(OC)C2)CCCCC1. The Morgan fingerprint density at radius 3 is 2.15 bits per heavy atom. The van der Waals surface area contributed by atoms with E-state index in [1.54, 1.807) is 14.2 Å². The van der Waals surface area contributed by atoms with Crippen LogP contribution in [0.4, 0.5) is 0 Å². The van der Waals surface area contributed by atoms with E-state index in [9.17, 15) is 0 Å². The molecule has 1 saturated carbocycles. The molecule has 0 amide bonds. The maximum atomic E-state index is 5.57. The molecule has 0 aromatic heterocycles. The fraction of sp³-hybridized carbons (Fsp3) is 1.00. The fourth-order valence-corrected chi connectivity index (χ4v) is 3.96. The Hall–Kier alpha value is -0.160. The van der Waals surface area contributed by atoms with Crippen LogP contribution in [0.25, 0.3) is 0 Å². The van der Waals surface area contributed by atoms with Crippen LogP contribution in [-0.2, 0) is 9.47 Å². The standard InChI is InChI=1S/C16H32N2O2/c1-4-17-12-16(8-6-5-7-9-16)13-18-10-14(19-2)15(11-18)20-3/h14-15,17H,4-13H2,1-3H3. The first-order valence-corrected chi connectivity index (χ1v) is 8.21. The molecule has 4 nitrogen and oxygen atoms in total. The molecule has 0 aromatic rings. The zero-order chi connectivity index (χ0) is 14.4. The number of hydrogen-bond donors (Lipinski definition) is 1.